The molecule has 0 radical (unpaired) electrons. The molecule has 0 bridgehead atoms. The van der Waals surface area contributed by atoms with Crippen molar-refractivity contribution in [3.63, 3.8) is 0 Å². The van der Waals surface area contributed by atoms with E-state index < -0.39 is 0 Å². The Morgan fingerprint density at radius 3 is 2.94 bits per heavy atom. The van der Waals surface area contributed by atoms with E-state index in [4.69, 9.17) is 9.72 Å². The molecule has 0 saturated heterocycles. The molecule has 0 unspecified atom stereocenters. The fourth-order valence-electron chi connectivity index (χ4n) is 3.86. The van der Waals surface area contributed by atoms with Crippen LogP contribution in [0.15, 0.2) is 34.6 Å². The van der Waals surface area contributed by atoms with Crippen molar-refractivity contribution < 1.29 is 9.53 Å². The number of thiophene rings is 1. The molecule has 0 spiro atoms. The number of hydrogen-bond donors (Lipinski definition) is 1. The highest BCUT2D eigenvalue weighted by atomic mass is 32.2. The quantitative estimate of drug-likeness (QED) is 0.326. The first kappa shape index (κ1) is 21.5. The van der Waals surface area contributed by atoms with Crippen molar-refractivity contribution in [3.05, 3.63) is 34.7 Å². The summed E-state index contributed by atoms with van der Waals surface area (Å²) in [5.74, 6) is 0.701. The number of carbonyl (C=O) groups excluding carboxylic acids is 1. The fourth-order valence-corrected chi connectivity index (χ4v) is 6.54. The Bertz CT molecular complexity index is 1320. The highest BCUT2D eigenvalue weighted by Gasteiger charge is 2.25. The summed E-state index contributed by atoms with van der Waals surface area (Å²) >= 11 is 4.66. The molecule has 0 aliphatic carbocycles. The van der Waals surface area contributed by atoms with E-state index in [2.05, 4.69) is 27.5 Å². The van der Waals surface area contributed by atoms with Gasteiger partial charge < -0.3 is 15.0 Å². The summed E-state index contributed by atoms with van der Waals surface area (Å²) in [5.41, 5.74) is 2.81. The van der Waals surface area contributed by atoms with Crippen molar-refractivity contribution in [3.8, 4) is 5.75 Å². The molecular formula is C21H22N6O2S3. The molecule has 1 aromatic carbocycles. The average Bonchev–Trinajstić information content (AvgIpc) is 3.38. The Morgan fingerprint density at radius 1 is 1.28 bits per heavy atom. The first-order valence-electron chi connectivity index (χ1n) is 10.1. The van der Waals surface area contributed by atoms with Crippen LogP contribution in [0.5, 0.6) is 5.75 Å². The Balaban J connectivity index is 1.45. The third-order valence-corrected chi connectivity index (χ3v) is 8.05. The average molecular weight is 487 g/mol. The van der Waals surface area contributed by atoms with Gasteiger partial charge in [-0.05, 0) is 37.4 Å². The predicted octanol–water partition coefficient (Wildman–Crippen LogP) is 3.79. The smallest absolute Gasteiger partial charge is 0.234 e. The van der Waals surface area contributed by atoms with Gasteiger partial charge >= 0.3 is 0 Å². The molecular weight excluding hydrogens is 464 g/mol. The number of fused-ring (bicyclic) bond motifs is 5. The van der Waals surface area contributed by atoms with Gasteiger partial charge in [0.15, 0.2) is 16.0 Å². The highest BCUT2D eigenvalue weighted by molar-refractivity contribution is 8.00. The number of aromatic nitrogens is 4. The number of benzene rings is 1. The minimum absolute atomic E-state index is 0.132. The number of para-hydroxylation sites is 2. The maximum atomic E-state index is 12.6. The van der Waals surface area contributed by atoms with Gasteiger partial charge in [0, 0.05) is 18.0 Å². The number of amides is 1. The molecule has 1 amide bonds. The van der Waals surface area contributed by atoms with E-state index in [0.29, 0.717) is 16.6 Å². The van der Waals surface area contributed by atoms with Crippen LogP contribution in [0.3, 0.4) is 0 Å². The van der Waals surface area contributed by atoms with Gasteiger partial charge in [-0.25, -0.2) is 9.38 Å². The lowest BCUT2D eigenvalue weighted by Gasteiger charge is -2.21. The minimum atomic E-state index is -0.132. The predicted molar refractivity (Wildman–Crippen MR) is 130 cm³/mol. The molecule has 1 aliphatic heterocycles. The Morgan fingerprint density at radius 2 is 2.12 bits per heavy atom. The van der Waals surface area contributed by atoms with Crippen LogP contribution >= 0.6 is 34.9 Å². The van der Waals surface area contributed by atoms with Crippen molar-refractivity contribution in [1.82, 2.24) is 24.5 Å². The van der Waals surface area contributed by atoms with E-state index in [9.17, 15) is 4.79 Å². The standard InChI is InChI=1S/C21H22N6O2S3/c1-26-9-8-12-15(10-26)32-19-17(12)18-24-25-21(27(18)20(23-19)30-3)31-11-16(28)22-13-6-4-5-7-14(13)29-2/h4-7H,8-11H2,1-3H3,(H,22,28). The summed E-state index contributed by atoms with van der Waals surface area (Å²) < 4.78 is 7.29. The number of methoxy groups -OCH3 is 1. The van der Waals surface area contributed by atoms with E-state index in [1.807, 2.05) is 34.9 Å². The van der Waals surface area contributed by atoms with Crippen LogP contribution in [0.25, 0.3) is 15.9 Å². The van der Waals surface area contributed by atoms with Gasteiger partial charge in [0.1, 0.15) is 10.6 Å². The van der Waals surface area contributed by atoms with Crippen molar-refractivity contribution in [2.45, 2.75) is 23.3 Å². The van der Waals surface area contributed by atoms with Gasteiger partial charge in [0.2, 0.25) is 5.91 Å². The number of likely N-dealkylation sites (N-methyl/N-ethyl adjacent to an activating group) is 1. The third-order valence-electron chi connectivity index (χ3n) is 5.37. The van der Waals surface area contributed by atoms with Gasteiger partial charge in [-0.2, -0.15) is 0 Å². The second-order valence-electron chi connectivity index (χ2n) is 7.45. The summed E-state index contributed by atoms with van der Waals surface area (Å²) in [5, 5.41) is 14.5. The molecule has 0 atom stereocenters. The Labute approximate surface area is 197 Å². The van der Waals surface area contributed by atoms with Crippen LogP contribution in [-0.2, 0) is 17.8 Å². The zero-order valence-electron chi connectivity index (χ0n) is 17.9. The molecule has 11 heteroatoms. The summed E-state index contributed by atoms with van der Waals surface area (Å²) in [6, 6.07) is 7.36. The van der Waals surface area contributed by atoms with Crippen molar-refractivity contribution in [2.75, 3.05) is 38.0 Å². The lowest BCUT2D eigenvalue weighted by molar-refractivity contribution is -0.113. The summed E-state index contributed by atoms with van der Waals surface area (Å²) in [6.07, 6.45) is 2.98. The van der Waals surface area contributed by atoms with Crippen LogP contribution in [0, 0.1) is 0 Å². The summed E-state index contributed by atoms with van der Waals surface area (Å²) in [4.78, 5) is 22.2. The molecule has 4 heterocycles. The van der Waals surface area contributed by atoms with Crippen LogP contribution < -0.4 is 10.1 Å². The van der Waals surface area contributed by atoms with Gasteiger partial charge in [-0.3, -0.25) is 4.79 Å². The monoisotopic (exact) mass is 486 g/mol. The molecule has 166 valence electrons. The van der Waals surface area contributed by atoms with E-state index in [-0.39, 0.29) is 11.7 Å². The van der Waals surface area contributed by atoms with Crippen molar-refractivity contribution >= 4 is 62.3 Å². The lowest BCUT2D eigenvalue weighted by atomic mass is 10.1. The van der Waals surface area contributed by atoms with Gasteiger partial charge in [0.05, 0.1) is 23.9 Å². The Hall–Kier alpha value is -2.34. The molecule has 5 rings (SSSR count). The molecule has 1 N–H and O–H groups in total. The normalized spacial score (nSPS) is 14.1. The molecule has 8 nitrogen and oxygen atoms in total. The van der Waals surface area contributed by atoms with Crippen LogP contribution in [0.4, 0.5) is 5.69 Å². The molecule has 0 saturated carbocycles. The number of thioether (sulfide) groups is 2. The van der Waals surface area contributed by atoms with Crippen molar-refractivity contribution in [1.29, 1.82) is 0 Å². The first-order valence-corrected chi connectivity index (χ1v) is 13.1. The van der Waals surface area contributed by atoms with Crippen LogP contribution in [0.2, 0.25) is 0 Å². The Kier molecular flexibility index (Phi) is 5.97. The second-order valence-corrected chi connectivity index (χ2v) is 10.2. The second kappa shape index (κ2) is 8.89. The number of nitrogens with zero attached hydrogens (tertiary/aromatic N) is 5. The molecule has 0 fully saturated rings. The molecule has 3 aromatic heterocycles. The van der Waals surface area contributed by atoms with Crippen molar-refractivity contribution in [2.24, 2.45) is 0 Å². The maximum Gasteiger partial charge on any atom is 0.234 e. The zero-order chi connectivity index (χ0) is 22.2. The number of hydrogen-bond acceptors (Lipinski definition) is 9. The molecule has 4 aromatic rings. The topological polar surface area (TPSA) is 84.6 Å². The van der Waals surface area contributed by atoms with Crippen LogP contribution in [-0.4, -0.2) is 63.1 Å². The van der Waals surface area contributed by atoms with E-state index >= 15 is 0 Å². The number of ether oxygens (including phenoxy) is 1. The highest BCUT2D eigenvalue weighted by Crippen LogP contribution is 2.38. The van der Waals surface area contributed by atoms with E-state index in [1.54, 1.807) is 30.2 Å². The van der Waals surface area contributed by atoms with E-state index in [0.717, 1.165) is 40.5 Å². The summed E-state index contributed by atoms with van der Waals surface area (Å²) in [7, 11) is 3.73. The number of nitrogens with one attached hydrogen (secondary N) is 1. The van der Waals surface area contributed by atoms with Crippen LogP contribution in [0.1, 0.15) is 10.4 Å². The number of anilines is 1. The number of rotatable bonds is 6. The minimum Gasteiger partial charge on any atom is -0.495 e. The SMILES string of the molecule is COc1ccccc1NC(=O)CSc1nnc2c3c4c(sc3nc(SC)n12)CN(C)CC4. The van der Waals surface area contributed by atoms with Gasteiger partial charge in [-0.1, -0.05) is 35.7 Å². The van der Waals surface area contributed by atoms with E-state index in [1.165, 1.54) is 22.2 Å². The largest absolute Gasteiger partial charge is 0.495 e. The summed E-state index contributed by atoms with van der Waals surface area (Å²) in [6.45, 7) is 1.96. The lowest BCUT2D eigenvalue weighted by Crippen LogP contribution is -2.25. The number of carbonyl (C=O) groups is 1. The molecule has 1 aliphatic rings. The van der Waals surface area contributed by atoms with Gasteiger partial charge in [-0.15, -0.1) is 21.5 Å². The van der Waals surface area contributed by atoms with Gasteiger partial charge in [0.25, 0.3) is 0 Å². The molecule has 32 heavy (non-hydrogen) atoms. The maximum absolute atomic E-state index is 12.6. The zero-order valence-corrected chi connectivity index (χ0v) is 20.4. The first-order chi connectivity index (χ1) is 15.6. The third kappa shape index (κ3) is 3.83. The fraction of sp³-hybridized carbons (Fsp3) is 0.333.